The second-order valence-electron chi connectivity index (χ2n) is 5.77. The molecule has 6 nitrogen and oxygen atoms in total. The molecule has 27 heavy (non-hydrogen) atoms. The number of halogens is 1. The van der Waals surface area contributed by atoms with Gasteiger partial charge in [0.25, 0.3) is 0 Å². The molecule has 0 saturated carbocycles. The second-order valence-corrected chi connectivity index (χ2v) is 5.77. The van der Waals surface area contributed by atoms with E-state index >= 15 is 0 Å². The molecule has 0 aliphatic heterocycles. The van der Waals surface area contributed by atoms with Crippen molar-refractivity contribution in [3.63, 3.8) is 0 Å². The lowest BCUT2D eigenvalue weighted by Crippen LogP contribution is -2.37. The van der Waals surface area contributed by atoms with Crippen molar-refractivity contribution in [1.29, 1.82) is 0 Å². The van der Waals surface area contributed by atoms with E-state index in [1.54, 1.807) is 14.2 Å². The summed E-state index contributed by atoms with van der Waals surface area (Å²) in [6.07, 6.45) is 3.65. The lowest BCUT2D eigenvalue weighted by Gasteiger charge is -2.13. The van der Waals surface area contributed by atoms with E-state index in [2.05, 4.69) is 33.6 Å². The molecule has 148 valence electrons. The lowest BCUT2D eigenvalue weighted by atomic mass is 10.1. The summed E-state index contributed by atoms with van der Waals surface area (Å²) in [6.45, 7) is 4.18. The minimum absolute atomic E-state index is 0. The Bertz CT molecular complexity index is 693. The van der Waals surface area contributed by atoms with Crippen LogP contribution in [-0.4, -0.2) is 38.3 Å². The average molecular weight is 484 g/mol. The van der Waals surface area contributed by atoms with E-state index in [-0.39, 0.29) is 24.0 Å². The molecule has 2 rings (SSSR count). The molecule has 0 amide bonds. The van der Waals surface area contributed by atoms with Crippen LogP contribution in [-0.2, 0) is 13.0 Å². The van der Waals surface area contributed by atoms with Crippen LogP contribution >= 0.6 is 24.0 Å². The fourth-order valence-electron chi connectivity index (χ4n) is 2.44. The molecule has 2 aromatic rings. The van der Waals surface area contributed by atoms with E-state index in [0.29, 0.717) is 19.0 Å². The molecule has 1 aromatic heterocycles. The van der Waals surface area contributed by atoms with Gasteiger partial charge in [0, 0.05) is 32.4 Å². The smallest absolute Gasteiger partial charge is 0.213 e. The quantitative estimate of drug-likeness (QED) is 0.325. The molecule has 0 spiro atoms. The summed E-state index contributed by atoms with van der Waals surface area (Å²) in [4.78, 5) is 8.56. The van der Waals surface area contributed by atoms with Crippen LogP contribution < -0.4 is 20.1 Å². The predicted octanol–water partition coefficient (Wildman–Crippen LogP) is 3.40. The van der Waals surface area contributed by atoms with Gasteiger partial charge in [-0.15, -0.1) is 24.0 Å². The van der Waals surface area contributed by atoms with E-state index in [0.717, 1.165) is 36.7 Å². The van der Waals surface area contributed by atoms with Crippen LogP contribution in [0.1, 0.15) is 24.5 Å². The summed E-state index contributed by atoms with van der Waals surface area (Å²) in [5.74, 6) is 2.33. The predicted molar refractivity (Wildman–Crippen MR) is 120 cm³/mol. The van der Waals surface area contributed by atoms with Gasteiger partial charge in [-0.25, -0.2) is 4.98 Å². The Balaban J connectivity index is 0.00000364. The van der Waals surface area contributed by atoms with Gasteiger partial charge in [0.2, 0.25) is 5.88 Å². The molecule has 0 aliphatic rings. The Morgan fingerprint density at radius 1 is 1.15 bits per heavy atom. The number of aromatic nitrogens is 1. The molecule has 0 fully saturated rings. The topological polar surface area (TPSA) is 67.8 Å². The second kappa shape index (κ2) is 13.2. The molecule has 7 heteroatoms. The van der Waals surface area contributed by atoms with Gasteiger partial charge in [-0.3, -0.25) is 4.99 Å². The summed E-state index contributed by atoms with van der Waals surface area (Å²) in [5, 5.41) is 6.61. The van der Waals surface area contributed by atoms with Crippen LogP contribution in [0.15, 0.2) is 47.6 Å². The number of para-hydroxylation sites is 1. The van der Waals surface area contributed by atoms with Crippen LogP contribution in [0, 0.1) is 0 Å². The van der Waals surface area contributed by atoms with Crippen LogP contribution in [0.4, 0.5) is 0 Å². The van der Waals surface area contributed by atoms with Crippen molar-refractivity contribution >= 4 is 29.9 Å². The maximum Gasteiger partial charge on any atom is 0.213 e. The number of hydrogen-bond acceptors (Lipinski definition) is 4. The minimum atomic E-state index is 0. The largest absolute Gasteiger partial charge is 0.496 e. The van der Waals surface area contributed by atoms with Crippen molar-refractivity contribution in [3.8, 4) is 11.6 Å². The lowest BCUT2D eigenvalue weighted by molar-refractivity contribution is 0.305. The maximum absolute atomic E-state index is 5.49. The molecule has 0 unspecified atom stereocenters. The summed E-state index contributed by atoms with van der Waals surface area (Å²) in [6, 6.07) is 11.9. The fraction of sp³-hybridized carbons (Fsp3) is 0.400. The number of benzene rings is 1. The number of pyridine rings is 1. The standard InChI is InChI=1S/C20H28N4O2.HI/c1-4-13-26-19-10-9-16(14-23-19)15-24-20(21-2)22-12-11-17-7-5-6-8-18(17)25-3;/h5-10,14H,4,11-13,15H2,1-3H3,(H2,21,22,24);1H. The van der Waals surface area contributed by atoms with Crippen LogP contribution in [0.3, 0.4) is 0 Å². The minimum Gasteiger partial charge on any atom is -0.496 e. The van der Waals surface area contributed by atoms with Crippen LogP contribution in [0.25, 0.3) is 0 Å². The molecule has 2 N–H and O–H groups in total. The number of guanidine groups is 1. The van der Waals surface area contributed by atoms with Gasteiger partial charge >= 0.3 is 0 Å². The first kappa shape index (κ1) is 23.0. The van der Waals surface area contributed by atoms with Crippen molar-refractivity contribution in [3.05, 3.63) is 53.7 Å². The van der Waals surface area contributed by atoms with Crippen molar-refractivity contribution in [1.82, 2.24) is 15.6 Å². The van der Waals surface area contributed by atoms with Gasteiger partial charge < -0.3 is 20.1 Å². The van der Waals surface area contributed by atoms with E-state index in [4.69, 9.17) is 9.47 Å². The number of rotatable bonds is 9. The molecular weight excluding hydrogens is 455 g/mol. The highest BCUT2D eigenvalue weighted by molar-refractivity contribution is 14.0. The van der Waals surface area contributed by atoms with Gasteiger partial charge in [-0.2, -0.15) is 0 Å². The van der Waals surface area contributed by atoms with Gasteiger partial charge in [0.15, 0.2) is 5.96 Å². The SMILES string of the molecule is CCCOc1ccc(CNC(=NC)NCCc2ccccc2OC)cn1.I. The van der Waals surface area contributed by atoms with Crippen LogP contribution in [0.2, 0.25) is 0 Å². The van der Waals surface area contributed by atoms with Gasteiger partial charge in [0.05, 0.1) is 13.7 Å². The maximum atomic E-state index is 5.49. The van der Waals surface area contributed by atoms with Gasteiger partial charge in [-0.1, -0.05) is 31.2 Å². The number of methoxy groups -OCH3 is 1. The summed E-state index contributed by atoms with van der Waals surface area (Å²) >= 11 is 0. The van der Waals surface area contributed by atoms with Gasteiger partial charge in [-0.05, 0) is 30.0 Å². The summed E-state index contributed by atoms with van der Waals surface area (Å²) < 4.78 is 10.9. The zero-order valence-corrected chi connectivity index (χ0v) is 18.5. The third-order valence-corrected chi connectivity index (χ3v) is 3.81. The van der Waals surface area contributed by atoms with E-state index < -0.39 is 0 Å². The first-order valence-corrected chi connectivity index (χ1v) is 8.91. The first-order chi connectivity index (χ1) is 12.8. The monoisotopic (exact) mass is 484 g/mol. The summed E-state index contributed by atoms with van der Waals surface area (Å²) in [7, 11) is 3.46. The third-order valence-electron chi connectivity index (χ3n) is 3.81. The Hall–Kier alpha value is -2.03. The Morgan fingerprint density at radius 2 is 1.96 bits per heavy atom. The molecule has 0 bridgehead atoms. The summed E-state index contributed by atoms with van der Waals surface area (Å²) in [5.41, 5.74) is 2.24. The number of hydrogen-bond donors (Lipinski definition) is 2. The normalized spacial score (nSPS) is 10.7. The molecule has 0 aliphatic carbocycles. The molecule has 1 aromatic carbocycles. The number of nitrogens with zero attached hydrogens (tertiary/aromatic N) is 2. The Morgan fingerprint density at radius 3 is 2.63 bits per heavy atom. The number of ether oxygens (including phenoxy) is 2. The van der Waals surface area contributed by atoms with Crippen molar-refractivity contribution < 1.29 is 9.47 Å². The first-order valence-electron chi connectivity index (χ1n) is 8.91. The van der Waals surface area contributed by atoms with Crippen molar-refractivity contribution in [2.45, 2.75) is 26.3 Å². The highest BCUT2D eigenvalue weighted by atomic mass is 127. The van der Waals surface area contributed by atoms with E-state index in [1.165, 1.54) is 5.56 Å². The van der Waals surface area contributed by atoms with E-state index in [9.17, 15) is 0 Å². The molecular formula is C20H29IN4O2. The third kappa shape index (κ3) is 8.03. The zero-order valence-electron chi connectivity index (χ0n) is 16.2. The molecule has 0 saturated heterocycles. The average Bonchev–Trinajstić information content (AvgIpc) is 2.70. The fourth-order valence-corrected chi connectivity index (χ4v) is 2.44. The number of nitrogens with one attached hydrogen (secondary N) is 2. The Kier molecular flexibility index (Phi) is 11.2. The van der Waals surface area contributed by atoms with Crippen molar-refractivity contribution in [2.24, 2.45) is 4.99 Å². The highest BCUT2D eigenvalue weighted by Crippen LogP contribution is 2.17. The number of aliphatic imine (C=N–C) groups is 1. The molecule has 0 atom stereocenters. The molecule has 0 radical (unpaired) electrons. The van der Waals surface area contributed by atoms with E-state index in [1.807, 2.05) is 36.5 Å². The van der Waals surface area contributed by atoms with Crippen LogP contribution in [0.5, 0.6) is 11.6 Å². The highest BCUT2D eigenvalue weighted by Gasteiger charge is 2.03. The van der Waals surface area contributed by atoms with Gasteiger partial charge in [0.1, 0.15) is 5.75 Å². The Labute approximate surface area is 178 Å². The van der Waals surface area contributed by atoms with Crippen molar-refractivity contribution in [2.75, 3.05) is 27.3 Å². The molecule has 1 heterocycles. The zero-order chi connectivity index (χ0) is 18.6.